The van der Waals surface area contributed by atoms with Crippen molar-refractivity contribution in [2.45, 2.75) is 71.6 Å². The Morgan fingerprint density at radius 1 is 0.442 bits per heavy atom. The Hall–Kier alpha value is -5.40. The first-order valence-corrected chi connectivity index (χ1v) is 18.9. The Labute approximate surface area is 305 Å². The average molecular weight is 670 g/mol. The topological polar surface area (TPSA) is 4.41 Å². The van der Waals surface area contributed by atoms with Gasteiger partial charge in [-0.2, -0.15) is 0 Å². The fourth-order valence-electron chi connectivity index (χ4n) is 9.77. The zero-order chi connectivity index (χ0) is 35.6. The first-order valence-electron chi connectivity index (χ1n) is 18.9. The van der Waals surface area contributed by atoms with Crippen LogP contribution in [0.15, 0.2) is 115 Å². The second kappa shape index (κ2) is 9.52. The molecule has 0 fully saturated rings. The third-order valence-corrected chi connectivity index (χ3v) is 12.7. The van der Waals surface area contributed by atoms with E-state index in [-0.39, 0.29) is 16.2 Å². The molecule has 1 nitrogen and oxygen atoms in total. The minimum Gasteiger partial charge on any atom is -0.308 e. The summed E-state index contributed by atoms with van der Waals surface area (Å²) < 4.78 is 2.57. The molecule has 0 saturated heterocycles. The van der Waals surface area contributed by atoms with Crippen LogP contribution in [0.1, 0.15) is 77.6 Å². The standard InChI is InChI=1S/C51H43N/c1-49(2,3)34-17-19-44-38(23-34)40-24-35(50(4,5)6)25-41-39-26-37-36-18-16-30(22-42(36)51(7,8)43(37)27-45(39)52(44)48(40)41)33-20-31-14-12-28-10-9-11-29-13-15-32(21-33)47(31)46(28)29/h9-27H,1-8H3. The molecule has 8 aromatic carbocycles. The summed E-state index contributed by atoms with van der Waals surface area (Å²) in [5.41, 5.74) is 14.9. The van der Waals surface area contributed by atoms with Crippen molar-refractivity contribution in [3.63, 3.8) is 0 Å². The summed E-state index contributed by atoms with van der Waals surface area (Å²) in [5.74, 6) is 0. The molecule has 0 atom stereocenters. The minimum absolute atomic E-state index is 0.0393. The molecule has 0 saturated carbocycles. The van der Waals surface area contributed by atoms with Gasteiger partial charge in [0.05, 0.1) is 16.6 Å². The first kappa shape index (κ1) is 30.2. The molecule has 0 aliphatic heterocycles. The van der Waals surface area contributed by atoms with Gasteiger partial charge in [0.15, 0.2) is 0 Å². The highest BCUT2D eigenvalue weighted by Gasteiger charge is 2.37. The highest BCUT2D eigenvalue weighted by molar-refractivity contribution is 6.25. The van der Waals surface area contributed by atoms with Crippen LogP contribution in [0, 0.1) is 0 Å². The number of nitrogens with zero attached hydrogens (tertiary/aromatic N) is 1. The van der Waals surface area contributed by atoms with Crippen molar-refractivity contribution < 1.29 is 0 Å². The van der Waals surface area contributed by atoms with Crippen LogP contribution >= 0.6 is 0 Å². The number of hydrogen-bond donors (Lipinski definition) is 0. The maximum Gasteiger partial charge on any atom is 0.0620 e. The van der Waals surface area contributed by atoms with Gasteiger partial charge in [-0.25, -0.2) is 0 Å². The van der Waals surface area contributed by atoms with E-state index in [0.717, 1.165) is 0 Å². The van der Waals surface area contributed by atoms with E-state index in [1.54, 1.807) is 0 Å². The van der Waals surface area contributed by atoms with Gasteiger partial charge in [-0.15, -0.1) is 0 Å². The monoisotopic (exact) mass is 669 g/mol. The van der Waals surface area contributed by atoms with Crippen LogP contribution in [0.25, 0.3) is 92.7 Å². The van der Waals surface area contributed by atoms with Crippen molar-refractivity contribution in [3.05, 3.63) is 138 Å². The molecule has 2 aromatic heterocycles. The number of rotatable bonds is 1. The zero-order valence-electron chi connectivity index (χ0n) is 31.4. The largest absolute Gasteiger partial charge is 0.308 e. The van der Waals surface area contributed by atoms with Gasteiger partial charge in [-0.05, 0) is 142 Å². The summed E-state index contributed by atoms with van der Waals surface area (Å²) in [5, 5.41) is 13.4. The molecule has 0 N–H and O–H groups in total. The second-order valence-electron chi connectivity index (χ2n) is 18.3. The van der Waals surface area contributed by atoms with Gasteiger partial charge in [0.25, 0.3) is 0 Å². The molecule has 252 valence electrons. The van der Waals surface area contributed by atoms with Gasteiger partial charge in [-0.3, -0.25) is 0 Å². The Morgan fingerprint density at radius 3 is 1.67 bits per heavy atom. The van der Waals surface area contributed by atoms with Crippen molar-refractivity contribution in [1.29, 1.82) is 0 Å². The molecule has 1 heteroatoms. The third-order valence-electron chi connectivity index (χ3n) is 12.7. The quantitative estimate of drug-likeness (QED) is 0.153. The van der Waals surface area contributed by atoms with Crippen LogP contribution < -0.4 is 0 Å². The molecule has 1 aliphatic rings. The van der Waals surface area contributed by atoms with Crippen molar-refractivity contribution in [3.8, 4) is 22.3 Å². The molecule has 11 rings (SSSR count). The minimum atomic E-state index is -0.140. The fourth-order valence-corrected chi connectivity index (χ4v) is 9.77. The lowest BCUT2D eigenvalue weighted by Gasteiger charge is -2.22. The molecule has 0 amide bonds. The lowest BCUT2D eigenvalue weighted by Crippen LogP contribution is -2.15. The van der Waals surface area contributed by atoms with E-state index in [1.165, 1.54) is 115 Å². The summed E-state index contributed by atoms with van der Waals surface area (Å²) in [6, 6.07) is 45.0. The second-order valence-corrected chi connectivity index (χ2v) is 18.3. The summed E-state index contributed by atoms with van der Waals surface area (Å²) in [7, 11) is 0. The Bertz CT molecular complexity index is 3090. The summed E-state index contributed by atoms with van der Waals surface area (Å²) in [6.07, 6.45) is 0. The van der Waals surface area contributed by atoms with Gasteiger partial charge in [0, 0.05) is 27.0 Å². The van der Waals surface area contributed by atoms with Gasteiger partial charge in [0.2, 0.25) is 0 Å². The Kier molecular flexibility index (Phi) is 5.54. The molecule has 2 heterocycles. The molecule has 0 radical (unpaired) electrons. The van der Waals surface area contributed by atoms with Crippen LogP contribution in [0.4, 0.5) is 0 Å². The maximum atomic E-state index is 2.57. The SMILES string of the molecule is CC(C)(C)c1ccc2c(c1)c1cc(C(C)(C)C)cc3c4cc5c(cc4n2c13)C(C)(C)c1cc(-c2cc3ccc4cccc6ccc(c2)c3c46)ccc1-5. The number of fused-ring (bicyclic) bond motifs is 9. The number of benzene rings is 8. The van der Waals surface area contributed by atoms with Gasteiger partial charge in [0.1, 0.15) is 0 Å². The first-order chi connectivity index (χ1) is 24.8. The van der Waals surface area contributed by atoms with E-state index in [2.05, 4.69) is 175 Å². The molecule has 0 spiro atoms. The maximum absolute atomic E-state index is 2.57. The lowest BCUT2D eigenvalue weighted by molar-refractivity contribution is 0.590. The lowest BCUT2D eigenvalue weighted by atomic mass is 9.81. The molecule has 0 bridgehead atoms. The Balaban J connectivity index is 1.14. The predicted octanol–water partition coefficient (Wildman–Crippen LogP) is 14.3. The Morgan fingerprint density at radius 2 is 1.02 bits per heavy atom. The molecule has 52 heavy (non-hydrogen) atoms. The van der Waals surface area contributed by atoms with Crippen molar-refractivity contribution in [2.24, 2.45) is 0 Å². The molecule has 0 unspecified atom stereocenters. The summed E-state index contributed by atoms with van der Waals surface area (Å²) in [4.78, 5) is 0. The molecular formula is C51H43N. The van der Waals surface area contributed by atoms with E-state index < -0.39 is 0 Å². The summed E-state index contributed by atoms with van der Waals surface area (Å²) in [6.45, 7) is 18.8. The van der Waals surface area contributed by atoms with Crippen molar-refractivity contribution in [1.82, 2.24) is 4.40 Å². The smallest absolute Gasteiger partial charge is 0.0620 e. The predicted molar refractivity (Wildman–Crippen MR) is 225 cm³/mol. The van der Waals surface area contributed by atoms with Gasteiger partial charge < -0.3 is 4.40 Å². The highest BCUT2D eigenvalue weighted by atomic mass is 14.9. The average Bonchev–Trinajstić information content (AvgIpc) is 3.70. The van der Waals surface area contributed by atoms with Crippen LogP contribution in [0.3, 0.4) is 0 Å². The van der Waals surface area contributed by atoms with Crippen LogP contribution in [0.5, 0.6) is 0 Å². The zero-order valence-corrected chi connectivity index (χ0v) is 31.4. The van der Waals surface area contributed by atoms with E-state index in [4.69, 9.17) is 0 Å². The number of aromatic nitrogens is 1. The highest BCUT2D eigenvalue weighted by Crippen LogP contribution is 2.53. The molecular weight excluding hydrogens is 627 g/mol. The van der Waals surface area contributed by atoms with Crippen molar-refractivity contribution in [2.75, 3.05) is 0 Å². The molecule has 10 aromatic rings. The normalized spacial score (nSPS) is 14.7. The van der Waals surface area contributed by atoms with Crippen molar-refractivity contribution >= 4 is 70.4 Å². The van der Waals surface area contributed by atoms with Gasteiger partial charge >= 0.3 is 0 Å². The molecule has 1 aliphatic carbocycles. The van der Waals surface area contributed by atoms with Crippen LogP contribution in [-0.2, 0) is 16.2 Å². The van der Waals surface area contributed by atoms with E-state index in [9.17, 15) is 0 Å². The van der Waals surface area contributed by atoms with E-state index in [1.807, 2.05) is 0 Å². The van der Waals surface area contributed by atoms with Gasteiger partial charge in [-0.1, -0.05) is 116 Å². The van der Waals surface area contributed by atoms with E-state index >= 15 is 0 Å². The summed E-state index contributed by atoms with van der Waals surface area (Å²) >= 11 is 0. The van der Waals surface area contributed by atoms with Crippen LogP contribution in [-0.4, -0.2) is 4.40 Å². The number of hydrogen-bond acceptors (Lipinski definition) is 0. The fraction of sp³-hybridized carbons (Fsp3) is 0.216. The van der Waals surface area contributed by atoms with E-state index in [0.29, 0.717) is 0 Å². The van der Waals surface area contributed by atoms with Crippen LogP contribution in [0.2, 0.25) is 0 Å². The third kappa shape index (κ3) is 3.84.